The second kappa shape index (κ2) is 11.6. The van der Waals surface area contributed by atoms with Crippen LogP contribution in [0.3, 0.4) is 0 Å². The third kappa shape index (κ3) is 5.87. The maximum atomic E-state index is 8.58. The Balaban J connectivity index is 1.76. The number of nitrogens with zero attached hydrogens (tertiary/aromatic N) is 3. The lowest BCUT2D eigenvalue weighted by molar-refractivity contribution is 0.410. The van der Waals surface area contributed by atoms with Crippen molar-refractivity contribution < 1.29 is 12.9 Å². The van der Waals surface area contributed by atoms with Crippen LogP contribution >= 0.6 is 0 Å². The number of aryl methyl sites for hydroxylation is 1. The third-order valence-electron chi connectivity index (χ3n) is 9.32. The van der Waals surface area contributed by atoms with Crippen molar-refractivity contribution in [1.82, 2.24) is 15.0 Å². The Morgan fingerprint density at radius 1 is 0.723 bits per heavy atom. The highest BCUT2D eigenvalue weighted by Crippen LogP contribution is 2.44. The largest absolute Gasteiger partial charge is 0.455 e. The van der Waals surface area contributed by atoms with Crippen LogP contribution in [-0.2, 0) is 17.3 Å². The van der Waals surface area contributed by atoms with Crippen molar-refractivity contribution in [2.75, 3.05) is 0 Å². The molecule has 0 aliphatic rings. The molecular weight excluding hydrogens is 578 g/mol. The molecule has 3 aromatic heterocycles. The van der Waals surface area contributed by atoms with Gasteiger partial charge in [0.15, 0.2) is 5.58 Å². The van der Waals surface area contributed by atoms with Gasteiger partial charge in [-0.15, -0.1) is 0 Å². The summed E-state index contributed by atoms with van der Waals surface area (Å²) in [5.74, 6) is 1.59. The standard InChI is InChI=1S/C42H51N3O2/c1-22(2)26-16-28(23(3)4)30(29(17-26)24(5)6)18-32-37-31(19-34-38(32)47-40(45-34)42(11,12)13)36-25(7)14-15-27(39(36)46-37)33-20-35(41(8,9)10)44-21-43-33/h14-17,19-24H,18H2,1-13H3/i7D3. The fourth-order valence-electron chi connectivity index (χ4n) is 6.56. The maximum absolute atomic E-state index is 8.58. The molecule has 5 nitrogen and oxygen atoms in total. The van der Waals surface area contributed by atoms with Gasteiger partial charge in [0, 0.05) is 49.0 Å². The molecule has 246 valence electrons. The minimum absolute atomic E-state index is 0.204. The van der Waals surface area contributed by atoms with E-state index >= 15 is 0 Å². The van der Waals surface area contributed by atoms with E-state index in [1.165, 1.54) is 22.3 Å². The van der Waals surface area contributed by atoms with Crippen LogP contribution in [0.1, 0.15) is 150 Å². The monoisotopic (exact) mass is 632 g/mol. The van der Waals surface area contributed by atoms with Crippen LogP contribution < -0.4 is 0 Å². The van der Waals surface area contributed by atoms with Crippen LogP contribution in [0.2, 0.25) is 0 Å². The molecule has 0 spiro atoms. The Bertz CT molecular complexity index is 2210. The summed E-state index contributed by atoms with van der Waals surface area (Å²) in [6.07, 6.45) is 2.12. The highest BCUT2D eigenvalue weighted by molar-refractivity contribution is 6.15. The van der Waals surface area contributed by atoms with Gasteiger partial charge in [0.25, 0.3) is 0 Å². The molecule has 3 heterocycles. The lowest BCUT2D eigenvalue weighted by Gasteiger charge is -2.23. The van der Waals surface area contributed by atoms with Crippen LogP contribution in [0.4, 0.5) is 0 Å². The van der Waals surface area contributed by atoms with E-state index < -0.39 is 6.85 Å². The van der Waals surface area contributed by atoms with Crippen molar-refractivity contribution in [2.24, 2.45) is 0 Å². The van der Waals surface area contributed by atoms with E-state index in [0.717, 1.165) is 16.8 Å². The summed E-state index contributed by atoms with van der Waals surface area (Å²) in [6, 6.07) is 12.2. The summed E-state index contributed by atoms with van der Waals surface area (Å²) in [4.78, 5) is 14.2. The summed E-state index contributed by atoms with van der Waals surface area (Å²) in [5.41, 5.74) is 10.5. The van der Waals surface area contributed by atoms with Crippen molar-refractivity contribution >= 4 is 33.0 Å². The van der Waals surface area contributed by atoms with E-state index in [1.807, 2.05) is 18.2 Å². The van der Waals surface area contributed by atoms with Gasteiger partial charge < -0.3 is 8.83 Å². The number of hydrogen-bond acceptors (Lipinski definition) is 5. The normalized spacial score (nSPS) is 14.2. The fraction of sp³-hybridized carbons (Fsp3) is 0.452. The van der Waals surface area contributed by atoms with Crippen molar-refractivity contribution in [3.05, 3.63) is 87.7 Å². The summed E-state index contributed by atoms with van der Waals surface area (Å²) >= 11 is 0. The topological polar surface area (TPSA) is 65.0 Å². The van der Waals surface area contributed by atoms with Crippen molar-refractivity contribution in [3.8, 4) is 11.3 Å². The summed E-state index contributed by atoms with van der Waals surface area (Å²) in [5, 5.41) is 1.27. The first-order valence-electron chi connectivity index (χ1n) is 18.5. The molecule has 0 aliphatic carbocycles. The van der Waals surface area contributed by atoms with Gasteiger partial charge in [-0.05, 0) is 70.6 Å². The molecule has 0 saturated heterocycles. The molecule has 0 aliphatic heterocycles. The first kappa shape index (κ1) is 29.2. The first-order valence-corrected chi connectivity index (χ1v) is 17.0. The van der Waals surface area contributed by atoms with Crippen LogP contribution in [0.15, 0.2) is 51.6 Å². The Labute approximate surface area is 284 Å². The molecule has 0 saturated carbocycles. The van der Waals surface area contributed by atoms with Gasteiger partial charge in [0.1, 0.15) is 23.0 Å². The molecule has 0 N–H and O–H groups in total. The third-order valence-corrected chi connectivity index (χ3v) is 9.32. The number of fused-ring (bicyclic) bond motifs is 4. The molecule has 6 rings (SSSR count). The van der Waals surface area contributed by atoms with Gasteiger partial charge in [0.05, 0.1) is 5.69 Å². The number of furan rings is 1. The van der Waals surface area contributed by atoms with E-state index in [9.17, 15) is 0 Å². The second-order valence-electron chi connectivity index (χ2n) is 16.2. The maximum Gasteiger partial charge on any atom is 0.200 e. The van der Waals surface area contributed by atoms with Gasteiger partial charge in [-0.3, -0.25) is 0 Å². The van der Waals surface area contributed by atoms with E-state index in [2.05, 4.69) is 105 Å². The number of benzene rings is 3. The first-order chi connectivity index (χ1) is 23.2. The Hall–Kier alpha value is -3.99. The zero-order chi connectivity index (χ0) is 36.7. The smallest absolute Gasteiger partial charge is 0.200 e. The van der Waals surface area contributed by atoms with Crippen LogP contribution in [0.5, 0.6) is 0 Å². The molecule has 0 bridgehead atoms. The van der Waals surface area contributed by atoms with Crippen LogP contribution in [-0.4, -0.2) is 15.0 Å². The average molecular weight is 633 g/mol. The van der Waals surface area contributed by atoms with Gasteiger partial charge >= 0.3 is 0 Å². The minimum atomic E-state index is -2.38. The Morgan fingerprint density at radius 3 is 1.98 bits per heavy atom. The van der Waals surface area contributed by atoms with E-state index in [-0.39, 0.29) is 28.2 Å². The minimum Gasteiger partial charge on any atom is -0.455 e. The van der Waals surface area contributed by atoms with Crippen LogP contribution in [0, 0.1) is 6.85 Å². The summed E-state index contributed by atoms with van der Waals surface area (Å²) in [7, 11) is 0. The average Bonchev–Trinajstić information content (AvgIpc) is 3.62. The second-order valence-corrected chi connectivity index (χ2v) is 16.2. The summed E-state index contributed by atoms with van der Waals surface area (Å²) in [6.45, 7) is 23.7. The Kier molecular flexibility index (Phi) is 7.21. The molecule has 5 heteroatoms. The fourth-order valence-corrected chi connectivity index (χ4v) is 6.56. The van der Waals surface area contributed by atoms with Crippen molar-refractivity contribution in [2.45, 2.75) is 125 Å². The zero-order valence-electron chi connectivity index (χ0n) is 33.1. The lowest BCUT2D eigenvalue weighted by Crippen LogP contribution is -2.13. The number of aromatic nitrogens is 3. The molecule has 6 aromatic rings. The predicted octanol–water partition coefficient (Wildman–Crippen LogP) is 12.0. The predicted molar refractivity (Wildman–Crippen MR) is 196 cm³/mol. The van der Waals surface area contributed by atoms with E-state index in [4.69, 9.17) is 17.9 Å². The van der Waals surface area contributed by atoms with E-state index in [1.54, 1.807) is 12.4 Å². The molecule has 0 amide bonds. The highest BCUT2D eigenvalue weighted by atomic mass is 16.4. The van der Waals surface area contributed by atoms with Crippen LogP contribution in [0.25, 0.3) is 44.3 Å². The molecule has 47 heavy (non-hydrogen) atoms. The molecule has 0 fully saturated rings. The Morgan fingerprint density at radius 2 is 1.40 bits per heavy atom. The van der Waals surface area contributed by atoms with Gasteiger partial charge in [-0.1, -0.05) is 101 Å². The molecule has 0 radical (unpaired) electrons. The van der Waals surface area contributed by atoms with Crippen molar-refractivity contribution in [1.29, 1.82) is 0 Å². The van der Waals surface area contributed by atoms with Gasteiger partial charge in [-0.25, -0.2) is 15.0 Å². The number of rotatable bonds is 6. The van der Waals surface area contributed by atoms with Gasteiger partial charge in [0.2, 0.25) is 5.89 Å². The molecule has 0 atom stereocenters. The molecule has 3 aromatic carbocycles. The SMILES string of the molecule is [2H]C([2H])([2H])c1ccc(-c2cc(C(C)(C)C)ncn2)c2oc3c(Cc4c(C(C)C)cc(C(C)C)cc4C(C)C)c4oc(C(C)(C)C)nc4cc3c12. The molecular formula is C42H51N3O2. The zero-order valence-corrected chi connectivity index (χ0v) is 30.1. The highest BCUT2D eigenvalue weighted by Gasteiger charge is 2.28. The quantitative estimate of drug-likeness (QED) is 0.183. The van der Waals surface area contributed by atoms with E-state index in [0.29, 0.717) is 57.0 Å². The van der Waals surface area contributed by atoms with Gasteiger partial charge in [-0.2, -0.15) is 0 Å². The van der Waals surface area contributed by atoms with Crippen molar-refractivity contribution in [3.63, 3.8) is 0 Å². The lowest BCUT2D eigenvalue weighted by atomic mass is 9.82. The molecule has 0 unspecified atom stereocenters. The number of hydrogen-bond donors (Lipinski definition) is 0. The summed E-state index contributed by atoms with van der Waals surface area (Å²) < 4.78 is 39.4. The number of oxazole rings is 1.